The van der Waals surface area contributed by atoms with E-state index >= 15 is 0 Å². The van der Waals surface area contributed by atoms with Gasteiger partial charge < -0.3 is 14.6 Å². The van der Waals surface area contributed by atoms with E-state index in [1.54, 1.807) is 0 Å². The summed E-state index contributed by atoms with van der Waals surface area (Å²) < 4.78 is 10.8. The van der Waals surface area contributed by atoms with Gasteiger partial charge in [0.15, 0.2) is 21.2 Å². The van der Waals surface area contributed by atoms with E-state index in [0.717, 1.165) is 9.78 Å². The second-order valence-corrected chi connectivity index (χ2v) is 13.4. The standard InChI is InChI=1S/C28H25BrCl2N2O7S/c1-39-18-8-13(9-19(40-2)22(18)34)21-15-5-6-16-20(24(36)32(23(16)35)11-14-4-3-7-41-14)17(15)10-27(30)25(37)33(12-29)26(38)28(21,27)31/h3-5,7-9,16-17,20-21,34H,6,10-12H2,1-2H3. The van der Waals surface area contributed by atoms with Crippen molar-refractivity contribution in [1.82, 2.24) is 9.80 Å². The highest BCUT2D eigenvalue weighted by atomic mass is 79.9. The van der Waals surface area contributed by atoms with Crippen molar-refractivity contribution in [2.75, 3.05) is 19.7 Å². The Hall–Kier alpha value is -2.60. The molecular weight excluding hydrogens is 659 g/mol. The summed E-state index contributed by atoms with van der Waals surface area (Å²) in [5.41, 5.74) is 0.935. The Kier molecular flexibility index (Phi) is 6.95. The van der Waals surface area contributed by atoms with Gasteiger partial charge in [0.1, 0.15) is 0 Å². The number of ether oxygens (including phenoxy) is 2. The van der Waals surface area contributed by atoms with Crippen LogP contribution < -0.4 is 9.47 Å². The maximum atomic E-state index is 13.9. The molecule has 1 N–H and O–H groups in total. The fraction of sp³-hybridized carbons (Fsp3) is 0.429. The van der Waals surface area contributed by atoms with Gasteiger partial charge in [0.25, 0.3) is 11.8 Å². The van der Waals surface area contributed by atoms with Crippen molar-refractivity contribution in [2.24, 2.45) is 17.8 Å². The molecule has 3 heterocycles. The monoisotopic (exact) mass is 682 g/mol. The molecule has 2 aliphatic carbocycles. The highest BCUT2D eigenvalue weighted by Gasteiger charge is 2.76. The van der Waals surface area contributed by atoms with Gasteiger partial charge >= 0.3 is 0 Å². The minimum Gasteiger partial charge on any atom is -0.502 e. The molecule has 6 atom stereocenters. The molecule has 3 fully saturated rings. The summed E-state index contributed by atoms with van der Waals surface area (Å²) in [5.74, 6) is -5.11. The van der Waals surface area contributed by atoms with Crippen LogP contribution in [-0.2, 0) is 25.7 Å². The van der Waals surface area contributed by atoms with Crippen molar-refractivity contribution >= 4 is 74.1 Å². The lowest BCUT2D eigenvalue weighted by Gasteiger charge is -2.50. The number of phenols is 1. The molecule has 0 spiro atoms. The number of hydrogen-bond acceptors (Lipinski definition) is 8. The zero-order valence-electron chi connectivity index (χ0n) is 21.9. The second-order valence-electron chi connectivity index (χ2n) is 10.6. The number of carbonyl (C=O) groups is 4. The van der Waals surface area contributed by atoms with Crippen LogP contribution in [-0.4, -0.2) is 68.0 Å². The molecule has 4 amide bonds. The molecule has 13 heteroatoms. The summed E-state index contributed by atoms with van der Waals surface area (Å²) >= 11 is 19.2. The van der Waals surface area contributed by atoms with E-state index in [1.165, 1.54) is 42.6 Å². The third-order valence-electron chi connectivity index (χ3n) is 8.84. The van der Waals surface area contributed by atoms with Crippen LogP contribution >= 0.6 is 50.5 Å². The molecule has 1 aromatic heterocycles. The lowest BCUT2D eigenvalue weighted by molar-refractivity contribution is -0.141. The molecule has 2 saturated heterocycles. The normalized spacial score (nSPS) is 32.6. The van der Waals surface area contributed by atoms with Gasteiger partial charge in [0.05, 0.1) is 38.1 Å². The zero-order chi connectivity index (χ0) is 29.4. The summed E-state index contributed by atoms with van der Waals surface area (Å²) in [4.78, 5) is 54.4. The van der Waals surface area contributed by atoms with Crippen molar-refractivity contribution < 1.29 is 33.8 Å². The number of amides is 4. The maximum Gasteiger partial charge on any atom is 0.254 e. The molecule has 1 aromatic carbocycles. The average molecular weight is 684 g/mol. The molecule has 41 heavy (non-hydrogen) atoms. The van der Waals surface area contributed by atoms with Crippen LogP contribution in [0.2, 0.25) is 0 Å². The molecule has 216 valence electrons. The first kappa shape index (κ1) is 28.5. The molecular formula is C28H25BrCl2N2O7S. The van der Waals surface area contributed by atoms with Gasteiger partial charge in [-0.05, 0) is 47.9 Å². The van der Waals surface area contributed by atoms with Crippen molar-refractivity contribution in [3.05, 3.63) is 51.7 Å². The highest BCUT2D eigenvalue weighted by molar-refractivity contribution is 9.09. The molecule has 9 nitrogen and oxygen atoms in total. The van der Waals surface area contributed by atoms with E-state index in [4.69, 9.17) is 32.7 Å². The van der Waals surface area contributed by atoms with E-state index < -0.39 is 45.2 Å². The zero-order valence-corrected chi connectivity index (χ0v) is 25.8. The summed E-state index contributed by atoms with van der Waals surface area (Å²) in [5, 5.41) is 12.5. The van der Waals surface area contributed by atoms with Crippen LogP contribution in [0.1, 0.15) is 29.2 Å². The Balaban J connectivity index is 1.53. The number of methoxy groups -OCH3 is 2. The number of nitrogens with zero attached hydrogens (tertiary/aromatic N) is 2. The number of likely N-dealkylation sites (tertiary alicyclic amines) is 2. The largest absolute Gasteiger partial charge is 0.502 e. The molecule has 1 saturated carbocycles. The van der Waals surface area contributed by atoms with Gasteiger partial charge in [-0.2, -0.15) is 0 Å². The van der Waals surface area contributed by atoms with Crippen molar-refractivity contribution in [3.63, 3.8) is 0 Å². The Bertz CT molecular complexity index is 1490. The Morgan fingerprint density at radius 1 is 1.05 bits per heavy atom. The number of fused-ring (bicyclic) bond motifs is 4. The van der Waals surface area contributed by atoms with Crippen LogP contribution in [0, 0.1) is 17.8 Å². The first-order chi connectivity index (χ1) is 19.5. The fourth-order valence-corrected chi connectivity index (χ4v) is 9.11. The number of thiophene rings is 1. The minimum atomic E-state index is -1.97. The molecule has 2 aliphatic heterocycles. The van der Waals surface area contributed by atoms with Crippen molar-refractivity contribution in [2.45, 2.75) is 35.1 Å². The summed E-state index contributed by atoms with van der Waals surface area (Å²) in [6.07, 6.45) is 2.02. The molecule has 2 aromatic rings. The van der Waals surface area contributed by atoms with Gasteiger partial charge in [-0.15, -0.1) is 34.5 Å². The van der Waals surface area contributed by atoms with E-state index in [2.05, 4.69) is 15.9 Å². The summed E-state index contributed by atoms with van der Waals surface area (Å²) in [7, 11) is 2.74. The number of alkyl halides is 3. The topological polar surface area (TPSA) is 113 Å². The first-order valence-corrected chi connectivity index (χ1v) is 15.6. The summed E-state index contributed by atoms with van der Waals surface area (Å²) in [6.45, 7) is 0.167. The number of benzene rings is 1. The molecule has 6 rings (SSSR count). The lowest BCUT2D eigenvalue weighted by atomic mass is 9.56. The van der Waals surface area contributed by atoms with E-state index in [-0.39, 0.29) is 53.9 Å². The minimum absolute atomic E-state index is 0.0690. The van der Waals surface area contributed by atoms with Crippen LogP contribution in [0.25, 0.3) is 0 Å². The number of rotatable bonds is 6. The third-order valence-corrected chi connectivity index (χ3v) is 11.6. The van der Waals surface area contributed by atoms with Gasteiger partial charge in [0, 0.05) is 10.8 Å². The van der Waals surface area contributed by atoms with E-state index in [9.17, 15) is 24.3 Å². The first-order valence-electron chi connectivity index (χ1n) is 12.9. The molecule has 0 radical (unpaired) electrons. The van der Waals surface area contributed by atoms with Crippen LogP contribution in [0.3, 0.4) is 0 Å². The third kappa shape index (κ3) is 3.78. The maximum absolute atomic E-state index is 13.9. The predicted octanol–water partition coefficient (Wildman–Crippen LogP) is 4.38. The summed E-state index contributed by atoms with van der Waals surface area (Å²) in [6, 6.07) is 6.78. The quantitative estimate of drug-likeness (QED) is 0.208. The van der Waals surface area contributed by atoms with Crippen molar-refractivity contribution in [3.8, 4) is 17.2 Å². The fourth-order valence-electron chi connectivity index (χ4n) is 6.99. The van der Waals surface area contributed by atoms with Crippen LogP contribution in [0.5, 0.6) is 17.2 Å². The number of hydrogen-bond donors (Lipinski definition) is 1. The van der Waals surface area contributed by atoms with Crippen LogP contribution in [0.15, 0.2) is 41.3 Å². The van der Waals surface area contributed by atoms with E-state index in [1.807, 2.05) is 23.6 Å². The lowest BCUT2D eigenvalue weighted by Crippen LogP contribution is -2.60. The smallest absolute Gasteiger partial charge is 0.254 e. The van der Waals surface area contributed by atoms with Crippen LogP contribution in [0.4, 0.5) is 0 Å². The van der Waals surface area contributed by atoms with Gasteiger partial charge in [0.2, 0.25) is 17.6 Å². The Morgan fingerprint density at radius 3 is 2.32 bits per heavy atom. The number of halogens is 3. The highest BCUT2D eigenvalue weighted by Crippen LogP contribution is 2.66. The molecule has 0 bridgehead atoms. The number of allylic oxidation sites excluding steroid dienone is 2. The number of carbonyl (C=O) groups excluding carboxylic acids is 4. The molecule has 6 unspecified atom stereocenters. The number of aromatic hydroxyl groups is 1. The molecule has 4 aliphatic rings. The van der Waals surface area contributed by atoms with Gasteiger partial charge in [-0.1, -0.05) is 33.6 Å². The van der Waals surface area contributed by atoms with Crippen molar-refractivity contribution in [1.29, 1.82) is 0 Å². The second kappa shape index (κ2) is 10.00. The Morgan fingerprint density at radius 2 is 1.73 bits per heavy atom. The van der Waals surface area contributed by atoms with Gasteiger partial charge in [-0.25, -0.2) is 0 Å². The number of phenolic OH excluding ortho intramolecular Hbond substituents is 1. The van der Waals surface area contributed by atoms with E-state index in [0.29, 0.717) is 11.1 Å². The number of imide groups is 2. The SMILES string of the molecule is COc1cc(C2C3=CCC4C(=O)N(Cc5cccs5)C(=O)C4C3CC3(Cl)C(=O)N(CBr)C(=O)C23Cl)cc(OC)c1O. The average Bonchev–Trinajstić information content (AvgIpc) is 3.60. The predicted molar refractivity (Wildman–Crippen MR) is 154 cm³/mol. The Labute approximate surface area is 258 Å². The van der Waals surface area contributed by atoms with Gasteiger partial charge in [-0.3, -0.25) is 29.0 Å².